The number of nitro benzene ring substituents is 4. The highest BCUT2D eigenvalue weighted by Crippen LogP contribution is 2.31. The van der Waals surface area contributed by atoms with Crippen molar-refractivity contribution in [2.75, 3.05) is 5.73 Å². The molecule has 0 aliphatic heterocycles. The zero-order valence-corrected chi connectivity index (χ0v) is 25.7. The van der Waals surface area contributed by atoms with E-state index in [9.17, 15) is 45.6 Å². The second-order valence-electron chi connectivity index (χ2n) is 10.5. The first-order chi connectivity index (χ1) is 23.9. The van der Waals surface area contributed by atoms with Gasteiger partial charge in [-0.2, -0.15) is 9.13 Å². The van der Waals surface area contributed by atoms with E-state index in [0.717, 1.165) is 34.4 Å². The number of phenols is 1. The number of hydrogen-bond donors (Lipinski definition) is 2. The number of phenolic OH excluding ortho intramolecular Hbond substituents is 1. The minimum atomic E-state index is -0.711. The van der Waals surface area contributed by atoms with Gasteiger partial charge in [0.25, 0.3) is 22.7 Å². The van der Waals surface area contributed by atoms with E-state index in [2.05, 4.69) is 0 Å². The highest BCUT2D eigenvalue weighted by molar-refractivity contribution is 5.73. The number of nitrogens with zero attached hydrogens (tertiary/aromatic N) is 6. The summed E-state index contributed by atoms with van der Waals surface area (Å²) in [6.45, 7) is 0. The number of hydrogen-bond acceptors (Lipinski definition) is 10. The third-order valence-corrected chi connectivity index (χ3v) is 7.39. The van der Waals surface area contributed by atoms with Crippen LogP contribution < -0.4 is 14.9 Å². The van der Waals surface area contributed by atoms with Crippen molar-refractivity contribution in [2.45, 2.75) is 0 Å². The van der Waals surface area contributed by atoms with Crippen LogP contribution in [0.1, 0.15) is 0 Å². The summed E-state index contributed by atoms with van der Waals surface area (Å²) in [6, 6.07) is 28.2. The van der Waals surface area contributed by atoms with E-state index >= 15 is 0 Å². The molecule has 0 aliphatic rings. The maximum atomic E-state index is 11.4. The molecule has 16 heteroatoms. The van der Waals surface area contributed by atoms with Crippen LogP contribution in [0, 0.1) is 40.5 Å². The SMILES string of the molecule is Nc1ccc(O)c(-c2ccccc2)c1.O=[N+]([O-])c1ccc(-[n+]2ccc(-c3cc[n+](-c4ccc([N+](=O)[O-])cc4[N+](=O)[O-])cc3)cc2)c([N+](=O)[O-])c1. The van der Waals surface area contributed by atoms with Crippen LogP contribution in [0.5, 0.6) is 5.75 Å². The summed E-state index contributed by atoms with van der Waals surface area (Å²) >= 11 is 0. The molecule has 6 rings (SSSR count). The lowest BCUT2D eigenvalue weighted by molar-refractivity contribution is -0.601. The zero-order valence-electron chi connectivity index (χ0n) is 25.7. The van der Waals surface area contributed by atoms with E-state index in [-0.39, 0.29) is 17.1 Å². The van der Waals surface area contributed by atoms with Gasteiger partial charge in [-0.1, -0.05) is 30.3 Å². The molecule has 16 nitrogen and oxygen atoms in total. The number of aromatic hydroxyl groups is 1. The van der Waals surface area contributed by atoms with Crippen molar-refractivity contribution in [3.05, 3.63) is 174 Å². The van der Waals surface area contributed by atoms with E-state index in [1.165, 1.54) is 33.4 Å². The first-order valence-corrected chi connectivity index (χ1v) is 14.5. The predicted molar refractivity (Wildman–Crippen MR) is 180 cm³/mol. The standard InChI is InChI=1S/C22H14N6O8.C12H11NO/c29-25(30)17-1-3-19(21(13-17)27(33)34)23-9-5-15(6-10-23)16-7-11-24(12-8-16)20-4-2-18(26(31)32)14-22(20)28(35)36;13-10-6-7-12(14)11(8-10)9-4-2-1-3-5-9/h1-14H;1-8,14H,13H2/q+2;. The maximum Gasteiger partial charge on any atom is 0.347 e. The predicted octanol–water partition coefficient (Wildman–Crippen LogP) is 6.18. The smallest absolute Gasteiger partial charge is 0.347 e. The fraction of sp³-hybridized carbons (Fsp3) is 0. The van der Waals surface area contributed by atoms with Crippen LogP contribution in [0.25, 0.3) is 33.6 Å². The first kappa shape index (κ1) is 33.7. The molecule has 0 atom stereocenters. The summed E-state index contributed by atoms with van der Waals surface area (Å²) in [7, 11) is 0. The molecule has 0 amide bonds. The molecule has 3 N–H and O–H groups in total. The van der Waals surface area contributed by atoms with E-state index in [0.29, 0.717) is 5.69 Å². The molecule has 50 heavy (non-hydrogen) atoms. The molecule has 248 valence electrons. The Kier molecular flexibility index (Phi) is 9.74. The monoisotopic (exact) mass is 675 g/mol. The van der Waals surface area contributed by atoms with Crippen molar-refractivity contribution in [2.24, 2.45) is 0 Å². The van der Waals surface area contributed by atoms with Crippen LogP contribution in [0.4, 0.5) is 28.4 Å². The number of nitrogens with two attached hydrogens (primary N) is 1. The van der Waals surface area contributed by atoms with E-state index in [4.69, 9.17) is 5.73 Å². The molecule has 0 bridgehead atoms. The van der Waals surface area contributed by atoms with Gasteiger partial charge in [-0.15, -0.1) is 0 Å². The Balaban J connectivity index is 0.000000288. The fourth-order valence-electron chi connectivity index (χ4n) is 4.94. The number of non-ortho nitro benzene ring substituents is 2. The summed E-state index contributed by atoms with van der Waals surface area (Å²) in [6.07, 6.45) is 6.24. The Morgan fingerprint density at radius 3 is 1.34 bits per heavy atom. The number of pyridine rings is 2. The van der Waals surface area contributed by atoms with Gasteiger partial charge in [-0.3, -0.25) is 40.5 Å². The summed E-state index contributed by atoms with van der Waals surface area (Å²) < 4.78 is 2.91. The van der Waals surface area contributed by atoms with E-state index < -0.39 is 42.4 Å². The van der Waals surface area contributed by atoms with Gasteiger partial charge in [0, 0.05) is 59.8 Å². The van der Waals surface area contributed by atoms with Gasteiger partial charge in [0.15, 0.2) is 24.8 Å². The van der Waals surface area contributed by atoms with Crippen molar-refractivity contribution in [1.29, 1.82) is 0 Å². The van der Waals surface area contributed by atoms with Gasteiger partial charge >= 0.3 is 11.4 Å². The largest absolute Gasteiger partial charge is 0.507 e. The van der Waals surface area contributed by atoms with Gasteiger partial charge in [0.1, 0.15) is 17.9 Å². The summed E-state index contributed by atoms with van der Waals surface area (Å²) in [5, 5.41) is 54.4. The van der Waals surface area contributed by atoms with Gasteiger partial charge in [-0.05, 0) is 34.9 Å². The van der Waals surface area contributed by atoms with E-state index in [1.807, 2.05) is 30.3 Å². The second kappa shape index (κ2) is 14.4. The molecular weight excluding hydrogens is 650 g/mol. The molecule has 0 saturated carbocycles. The lowest BCUT2D eigenvalue weighted by atomic mass is 10.0. The third-order valence-electron chi connectivity index (χ3n) is 7.39. The lowest BCUT2D eigenvalue weighted by Gasteiger charge is -2.05. The molecule has 6 aromatic rings. The van der Waals surface area contributed by atoms with Gasteiger partial charge in [0.05, 0.1) is 19.7 Å². The van der Waals surface area contributed by atoms with Crippen LogP contribution in [0.15, 0.2) is 134 Å². The quantitative estimate of drug-likeness (QED) is 0.0612. The molecule has 2 heterocycles. The average molecular weight is 676 g/mol. The van der Waals surface area contributed by atoms with Crippen LogP contribution in [0.3, 0.4) is 0 Å². The Labute approximate surface area is 281 Å². The summed E-state index contributed by atoms with van der Waals surface area (Å²) in [5.41, 5.74) is 8.15. The lowest BCUT2D eigenvalue weighted by Crippen LogP contribution is -2.31. The Morgan fingerprint density at radius 1 is 0.500 bits per heavy atom. The van der Waals surface area contributed by atoms with Crippen LogP contribution in [-0.4, -0.2) is 24.8 Å². The van der Waals surface area contributed by atoms with Crippen molar-refractivity contribution < 1.29 is 33.9 Å². The van der Waals surface area contributed by atoms with Crippen LogP contribution >= 0.6 is 0 Å². The Bertz CT molecular complexity index is 2130. The molecule has 4 aromatic carbocycles. The third kappa shape index (κ3) is 7.50. The van der Waals surface area contributed by atoms with Gasteiger partial charge < -0.3 is 10.8 Å². The molecule has 0 fully saturated rings. The summed E-state index contributed by atoms with van der Waals surface area (Å²) in [5.74, 6) is 0.255. The molecule has 0 radical (unpaired) electrons. The normalized spacial score (nSPS) is 10.4. The minimum Gasteiger partial charge on any atom is -0.507 e. The minimum absolute atomic E-state index is 0.147. The van der Waals surface area contributed by atoms with Gasteiger partial charge in [-0.25, -0.2) is 0 Å². The van der Waals surface area contributed by atoms with Crippen molar-refractivity contribution >= 4 is 28.4 Å². The number of anilines is 1. The van der Waals surface area contributed by atoms with Gasteiger partial charge in [0.2, 0.25) is 0 Å². The average Bonchev–Trinajstić information content (AvgIpc) is 3.12. The fourth-order valence-corrected chi connectivity index (χ4v) is 4.94. The number of rotatable bonds is 8. The van der Waals surface area contributed by atoms with Crippen molar-refractivity contribution in [1.82, 2.24) is 0 Å². The number of benzene rings is 4. The Morgan fingerprint density at radius 2 is 0.940 bits per heavy atom. The molecule has 0 aliphatic carbocycles. The molecule has 0 spiro atoms. The first-order valence-electron chi connectivity index (χ1n) is 14.5. The summed E-state index contributed by atoms with van der Waals surface area (Å²) in [4.78, 5) is 41.9. The zero-order chi connectivity index (χ0) is 35.9. The van der Waals surface area contributed by atoms with Crippen molar-refractivity contribution in [3.8, 4) is 39.4 Å². The van der Waals surface area contributed by atoms with E-state index in [1.54, 1.807) is 67.3 Å². The Hall–Kier alpha value is -7.62. The van der Waals surface area contributed by atoms with Crippen molar-refractivity contribution in [3.63, 3.8) is 0 Å². The number of nitro groups is 4. The number of nitrogen functional groups attached to an aromatic ring is 1. The molecular formula is C34H25N7O9+2. The second-order valence-corrected chi connectivity index (χ2v) is 10.5. The molecule has 0 unspecified atom stereocenters. The number of aromatic nitrogens is 2. The molecule has 0 saturated heterocycles. The van der Waals surface area contributed by atoms with Crippen LogP contribution in [-0.2, 0) is 0 Å². The highest BCUT2D eigenvalue weighted by Gasteiger charge is 2.27. The maximum absolute atomic E-state index is 11.4. The molecule has 2 aromatic heterocycles. The topological polar surface area (TPSA) is 227 Å². The highest BCUT2D eigenvalue weighted by atomic mass is 16.6. The van der Waals surface area contributed by atoms with Crippen LogP contribution in [0.2, 0.25) is 0 Å².